The zero-order chi connectivity index (χ0) is 15.8. The highest BCUT2D eigenvalue weighted by molar-refractivity contribution is 5.86. The molecule has 2 rings (SSSR count). The van der Waals surface area contributed by atoms with Crippen molar-refractivity contribution in [3.8, 4) is 6.07 Å². The lowest BCUT2D eigenvalue weighted by Crippen LogP contribution is -2.28. The molecule has 2 N–H and O–H groups in total. The van der Waals surface area contributed by atoms with E-state index >= 15 is 0 Å². The Morgan fingerprint density at radius 1 is 1.36 bits per heavy atom. The molecule has 0 atom stereocenters. The first-order valence-corrected chi connectivity index (χ1v) is 7.04. The van der Waals surface area contributed by atoms with E-state index in [4.69, 9.17) is 4.74 Å². The minimum Gasteiger partial charge on any atom is -0.383 e. The SMILES string of the molecule is COCCNC(=O)CCNc1cc(C#N)c2ccccc2n1. The third kappa shape index (κ3) is 4.17. The van der Waals surface area contributed by atoms with E-state index < -0.39 is 0 Å². The molecule has 0 fully saturated rings. The number of anilines is 1. The second kappa shape index (κ2) is 7.96. The molecule has 0 aliphatic heterocycles. The van der Waals surface area contributed by atoms with Crippen molar-refractivity contribution in [3.63, 3.8) is 0 Å². The lowest BCUT2D eigenvalue weighted by molar-refractivity contribution is -0.121. The van der Waals surface area contributed by atoms with E-state index in [0.717, 1.165) is 10.9 Å². The molecule has 0 saturated heterocycles. The van der Waals surface area contributed by atoms with Gasteiger partial charge in [-0.3, -0.25) is 4.79 Å². The van der Waals surface area contributed by atoms with Crippen LogP contribution in [0.5, 0.6) is 0 Å². The van der Waals surface area contributed by atoms with Gasteiger partial charge in [-0.05, 0) is 12.1 Å². The first-order chi connectivity index (χ1) is 10.7. The van der Waals surface area contributed by atoms with Crippen LogP contribution in [-0.2, 0) is 9.53 Å². The molecule has 22 heavy (non-hydrogen) atoms. The maximum atomic E-state index is 11.6. The van der Waals surface area contributed by atoms with Gasteiger partial charge in [-0.2, -0.15) is 5.26 Å². The monoisotopic (exact) mass is 298 g/mol. The normalized spacial score (nSPS) is 10.2. The van der Waals surface area contributed by atoms with Gasteiger partial charge in [0.15, 0.2) is 0 Å². The summed E-state index contributed by atoms with van der Waals surface area (Å²) in [7, 11) is 1.59. The van der Waals surface area contributed by atoms with Crippen LogP contribution in [0, 0.1) is 11.3 Å². The number of hydrogen-bond donors (Lipinski definition) is 2. The molecule has 0 saturated carbocycles. The zero-order valence-corrected chi connectivity index (χ0v) is 12.4. The Morgan fingerprint density at radius 2 is 2.18 bits per heavy atom. The predicted octanol–water partition coefficient (Wildman–Crippen LogP) is 1.67. The fraction of sp³-hybridized carbons (Fsp3) is 0.312. The van der Waals surface area contributed by atoms with Crippen LogP contribution < -0.4 is 10.6 Å². The average Bonchev–Trinajstić information content (AvgIpc) is 2.54. The Kier molecular flexibility index (Phi) is 5.69. The van der Waals surface area contributed by atoms with Crippen LogP contribution in [0.15, 0.2) is 30.3 Å². The molecule has 0 spiro atoms. The van der Waals surface area contributed by atoms with E-state index in [-0.39, 0.29) is 5.91 Å². The van der Waals surface area contributed by atoms with Crippen LogP contribution in [-0.4, -0.2) is 37.7 Å². The number of aromatic nitrogens is 1. The number of carbonyl (C=O) groups is 1. The molecular weight excluding hydrogens is 280 g/mol. The van der Waals surface area contributed by atoms with E-state index in [9.17, 15) is 10.1 Å². The van der Waals surface area contributed by atoms with E-state index in [2.05, 4.69) is 21.7 Å². The largest absolute Gasteiger partial charge is 0.383 e. The molecule has 0 bridgehead atoms. The number of carbonyl (C=O) groups excluding carboxylic acids is 1. The smallest absolute Gasteiger partial charge is 0.221 e. The number of rotatable bonds is 7. The van der Waals surface area contributed by atoms with E-state index in [1.54, 1.807) is 13.2 Å². The Hall–Kier alpha value is -2.65. The van der Waals surface area contributed by atoms with Crippen LogP contribution in [0.4, 0.5) is 5.82 Å². The van der Waals surface area contributed by atoms with Crippen molar-refractivity contribution in [3.05, 3.63) is 35.9 Å². The van der Waals surface area contributed by atoms with Gasteiger partial charge in [0.2, 0.25) is 5.91 Å². The summed E-state index contributed by atoms with van der Waals surface area (Å²) >= 11 is 0. The molecule has 114 valence electrons. The van der Waals surface area contributed by atoms with Crippen molar-refractivity contribution in [1.82, 2.24) is 10.3 Å². The summed E-state index contributed by atoms with van der Waals surface area (Å²) < 4.78 is 4.86. The molecule has 1 amide bonds. The number of hydrogen-bond acceptors (Lipinski definition) is 5. The molecule has 2 aromatic rings. The third-order valence-electron chi connectivity index (χ3n) is 3.12. The summed E-state index contributed by atoms with van der Waals surface area (Å²) in [6.07, 6.45) is 0.333. The van der Waals surface area contributed by atoms with Crippen LogP contribution in [0.25, 0.3) is 10.9 Å². The summed E-state index contributed by atoms with van der Waals surface area (Å²) in [6.45, 7) is 1.45. The number of pyridine rings is 1. The Morgan fingerprint density at radius 3 is 2.95 bits per heavy atom. The standard InChI is InChI=1S/C16H18N4O2/c1-22-9-8-19-16(21)6-7-18-15-10-12(11-17)13-4-2-3-5-14(13)20-15/h2-5,10H,6-9H2,1H3,(H,18,20)(H,19,21). The van der Waals surface area contributed by atoms with Crippen LogP contribution in [0.3, 0.4) is 0 Å². The van der Waals surface area contributed by atoms with Crippen molar-refractivity contribution in [2.24, 2.45) is 0 Å². The van der Waals surface area contributed by atoms with Gasteiger partial charge in [0, 0.05) is 32.0 Å². The quantitative estimate of drug-likeness (QED) is 0.759. The van der Waals surface area contributed by atoms with Crippen LogP contribution in [0.1, 0.15) is 12.0 Å². The highest BCUT2D eigenvalue weighted by atomic mass is 16.5. The second-order valence-corrected chi connectivity index (χ2v) is 4.70. The summed E-state index contributed by atoms with van der Waals surface area (Å²) in [5, 5.41) is 15.9. The first kappa shape index (κ1) is 15.7. The van der Waals surface area contributed by atoms with Crippen molar-refractivity contribution in [1.29, 1.82) is 5.26 Å². The molecule has 6 nitrogen and oxygen atoms in total. The predicted molar refractivity (Wildman–Crippen MR) is 84.5 cm³/mol. The number of nitrogens with zero attached hydrogens (tertiary/aromatic N) is 2. The first-order valence-electron chi connectivity index (χ1n) is 7.04. The van der Waals surface area contributed by atoms with Gasteiger partial charge < -0.3 is 15.4 Å². The van der Waals surface area contributed by atoms with Gasteiger partial charge in [-0.1, -0.05) is 18.2 Å². The number of para-hydroxylation sites is 1. The molecule has 0 aliphatic carbocycles. The van der Waals surface area contributed by atoms with Crippen molar-refractivity contribution >= 4 is 22.6 Å². The number of nitriles is 1. The minimum absolute atomic E-state index is 0.0501. The van der Waals surface area contributed by atoms with Crippen molar-refractivity contribution in [2.75, 3.05) is 32.1 Å². The summed E-state index contributed by atoms with van der Waals surface area (Å²) in [5.74, 6) is 0.547. The number of ether oxygens (including phenoxy) is 1. The van der Waals surface area contributed by atoms with E-state index in [1.807, 2.05) is 24.3 Å². The molecule has 1 heterocycles. The van der Waals surface area contributed by atoms with Crippen LogP contribution in [0.2, 0.25) is 0 Å². The van der Waals surface area contributed by atoms with Crippen LogP contribution >= 0.6 is 0 Å². The fourth-order valence-corrected chi connectivity index (χ4v) is 2.04. The minimum atomic E-state index is -0.0501. The van der Waals surface area contributed by atoms with Gasteiger partial charge in [-0.15, -0.1) is 0 Å². The van der Waals surface area contributed by atoms with Gasteiger partial charge in [0.25, 0.3) is 0 Å². The highest BCUT2D eigenvalue weighted by Crippen LogP contribution is 2.19. The number of methoxy groups -OCH3 is 1. The fourth-order valence-electron chi connectivity index (χ4n) is 2.04. The maximum absolute atomic E-state index is 11.6. The molecule has 0 unspecified atom stereocenters. The Bertz CT molecular complexity index is 694. The molecular formula is C16H18N4O2. The summed E-state index contributed by atoms with van der Waals surface area (Å²) in [4.78, 5) is 16.0. The molecule has 1 aromatic carbocycles. The lowest BCUT2D eigenvalue weighted by atomic mass is 10.1. The van der Waals surface area contributed by atoms with Gasteiger partial charge in [0.05, 0.1) is 23.8 Å². The summed E-state index contributed by atoms with van der Waals surface area (Å²) in [6, 6.07) is 11.4. The van der Waals surface area contributed by atoms with E-state index in [0.29, 0.717) is 37.5 Å². The van der Waals surface area contributed by atoms with Gasteiger partial charge >= 0.3 is 0 Å². The number of fused-ring (bicyclic) bond motifs is 1. The van der Waals surface area contributed by atoms with Crippen molar-refractivity contribution < 1.29 is 9.53 Å². The number of nitrogens with one attached hydrogen (secondary N) is 2. The topological polar surface area (TPSA) is 87.0 Å². The van der Waals surface area contributed by atoms with Crippen molar-refractivity contribution in [2.45, 2.75) is 6.42 Å². The van der Waals surface area contributed by atoms with Gasteiger partial charge in [-0.25, -0.2) is 4.98 Å². The van der Waals surface area contributed by atoms with E-state index in [1.165, 1.54) is 0 Å². The van der Waals surface area contributed by atoms with Gasteiger partial charge in [0.1, 0.15) is 5.82 Å². The second-order valence-electron chi connectivity index (χ2n) is 4.70. The molecule has 0 radical (unpaired) electrons. The highest BCUT2D eigenvalue weighted by Gasteiger charge is 2.05. The number of benzene rings is 1. The summed E-state index contributed by atoms with van der Waals surface area (Å²) in [5.41, 5.74) is 1.33. The molecule has 1 aromatic heterocycles. The third-order valence-corrected chi connectivity index (χ3v) is 3.12. The number of amides is 1. The molecule has 6 heteroatoms. The Labute approximate surface area is 129 Å². The molecule has 0 aliphatic rings. The Balaban J connectivity index is 1.95. The average molecular weight is 298 g/mol. The lowest BCUT2D eigenvalue weighted by Gasteiger charge is -2.08. The zero-order valence-electron chi connectivity index (χ0n) is 12.4. The maximum Gasteiger partial charge on any atom is 0.221 e.